The maximum atomic E-state index is 12.2. The van der Waals surface area contributed by atoms with Crippen LogP contribution in [0.4, 0.5) is 5.13 Å². The maximum Gasteiger partial charge on any atom is 0.264 e. The van der Waals surface area contributed by atoms with Crippen molar-refractivity contribution in [2.24, 2.45) is 0 Å². The van der Waals surface area contributed by atoms with Crippen LogP contribution in [0.15, 0.2) is 53.9 Å². The molecular weight excluding hydrogens is 384 g/mol. The van der Waals surface area contributed by atoms with Crippen molar-refractivity contribution in [3.63, 3.8) is 0 Å². The predicted molar refractivity (Wildman–Crippen MR) is 118 cm³/mol. The largest absolute Gasteiger partial charge is 0.491 e. The van der Waals surface area contributed by atoms with Gasteiger partial charge in [-0.05, 0) is 61.7 Å². The average Bonchev–Trinajstić information content (AvgIpc) is 3.15. The lowest BCUT2D eigenvalue weighted by Gasteiger charge is -2.09. The summed E-state index contributed by atoms with van der Waals surface area (Å²) in [6.45, 7) is 8.17. The Labute approximate surface area is 175 Å². The number of anilines is 1. The summed E-state index contributed by atoms with van der Waals surface area (Å²) in [5.41, 5.74) is 2.96. The van der Waals surface area contributed by atoms with Gasteiger partial charge in [0.2, 0.25) is 0 Å². The maximum absolute atomic E-state index is 12.2. The Hall–Kier alpha value is -2.86. The molecule has 1 N–H and O–H groups in total. The Morgan fingerprint density at radius 3 is 2.52 bits per heavy atom. The van der Waals surface area contributed by atoms with Gasteiger partial charge < -0.3 is 9.47 Å². The third-order valence-electron chi connectivity index (χ3n) is 4.17. The summed E-state index contributed by atoms with van der Waals surface area (Å²) in [5, 5.41) is 5.26. The number of carbonyl (C=O) groups excluding carboxylic acids is 1. The van der Waals surface area contributed by atoms with Gasteiger partial charge in [0.1, 0.15) is 11.5 Å². The number of thiazole rings is 1. The summed E-state index contributed by atoms with van der Waals surface area (Å²) in [6.07, 6.45) is 0.136. The van der Waals surface area contributed by atoms with E-state index >= 15 is 0 Å². The fourth-order valence-corrected chi connectivity index (χ4v) is 3.44. The molecule has 0 aliphatic carbocycles. The minimum absolute atomic E-state index is 0.0578. The molecule has 152 valence electrons. The number of rotatable bonds is 8. The molecule has 0 unspecified atom stereocenters. The van der Waals surface area contributed by atoms with Crippen LogP contribution in [-0.4, -0.2) is 23.6 Å². The summed E-state index contributed by atoms with van der Waals surface area (Å²) in [4.78, 5) is 16.7. The molecule has 6 heteroatoms. The molecule has 29 heavy (non-hydrogen) atoms. The molecule has 0 spiro atoms. The zero-order chi connectivity index (χ0) is 20.8. The van der Waals surface area contributed by atoms with Crippen molar-refractivity contribution in [2.75, 3.05) is 11.9 Å². The molecule has 0 fully saturated rings. The van der Waals surface area contributed by atoms with E-state index in [9.17, 15) is 4.79 Å². The van der Waals surface area contributed by atoms with Crippen LogP contribution in [-0.2, 0) is 4.79 Å². The zero-order valence-corrected chi connectivity index (χ0v) is 18.0. The second-order valence-electron chi connectivity index (χ2n) is 7.29. The van der Waals surface area contributed by atoms with Gasteiger partial charge in [-0.15, -0.1) is 11.3 Å². The van der Waals surface area contributed by atoms with Gasteiger partial charge in [-0.3, -0.25) is 10.1 Å². The molecule has 1 amide bonds. The molecular formula is C23H26N2O3S. The molecule has 5 nitrogen and oxygen atoms in total. The van der Waals surface area contributed by atoms with E-state index in [0.29, 0.717) is 16.8 Å². The van der Waals surface area contributed by atoms with Crippen LogP contribution < -0.4 is 14.8 Å². The summed E-state index contributed by atoms with van der Waals surface area (Å²) in [6, 6.07) is 15.6. The first-order chi connectivity index (χ1) is 13.9. The minimum Gasteiger partial charge on any atom is -0.491 e. The third kappa shape index (κ3) is 6.06. The normalized spacial score (nSPS) is 11.0. The molecule has 2 aromatic carbocycles. The summed E-state index contributed by atoms with van der Waals surface area (Å²) < 4.78 is 11.3. The number of nitrogens with one attached hydrogen (secondary N) is 1. The Morgan fingerprint density at radius 2 is 1.83 bits per heavy atom. The van der Waals surface area contributed by atoms with Gasteiger partial charge in [-0.1, -0.05) is 26.0 Å². The number of aromatic nitrogens is 1. The topological polar surface area (TPSA) is 60.5 Å². The van der Waals surface area contributed by atoms with E-state index in [1.54, 1.807) is 0 Å². The molecule has 0 saturated heterocycles. The zero-order valence-electron chi connectivity index (χ0n) is 17.1. The van der Waals surface area contributed by atoms with E-state index in [1.165, 1.54) is 16.9 Å². The number of carbonyl (C=O) groups is 1. The van der Waals surface area contributed by atoms with Gasteiger partial charge in [0.15, 0.2) is 11.7 Å². The molecule has 1 heterocycles. The highest BCUT2D eigenvalue weighted by Gasteiger charge is 2.10. The van der Waals surface area contributed by atoms with E-state index in [1.807, 2.05) is 61.7 Å². The van der Waals surface area contributed by atoms with Crippen molar-refractivity contribution in [3.8, 4) is 22.8 Å². The number of ether oxygens (including phenoxy) is 2. The van der Waals surface area contributed by atoms with E-state index in [0.717, 1.165) is 17.0 Å². The van der Waals surface area contributed by atoms with Crippen LogP contribution in [0.3, 0.4) is 0 Å². The van der Waals surface area contributed by atoms with Crippen LogP contribution in [0.5, 0.6) is 11.5 Å². The van der Waals surface area contributed by atoms with Gasteiger partial charge >= 0.3 is 0 Å². The highest BCUT2D eigenvalue weighted by molar-refractivity contribution is 7.14. The van der Waals surface area contributed by atoms with Crippen molar-refractivity contribution in [3.05, 3.63) is 59.5 Å². The van der Waals surface area contributed by atoms with Crippen LogP contribution in [0.25, 0.3) is 11.3 Å². The molecule has 3 rings (SSSR count). The number of hydrogen-bond acceptors (Lipinski definition) is 5. The van der Waals surface area contributed by atoms with E-state index in [2.05, 4.69) is 30.2 Å². The van der Waals surface area contributed by atoms with Crippen molar-refractivity contribution in [1.29, 1.82) is 0 Å². The first-order valence-corrected chi connectivity index (χ1v) is 10.5. The second kappa shape index (κ2) is 9.56. The molecule has 1 aromatic heterocycles. The van der Waals surface area contributed by atoms with Crippen molar-refractivity contribution >= 4 is 22.4 Å². The highest BCUT2D eigenvalue weighted by Crippen LogP contribution is 2.27. The lowest BCUT2D eigenvalue weighted by atomic mass is 10.0. The standard InChI is InChI=1S/C23H26N2O3S/c1-15(2)18-6-5-7-20(12-18)27-13-22(26)25-23-24-21(14-29-23)17-8-10-19(11-9-17)28-16(3)4/h5-12,14-16H,13H2,1-4H3,(H,24,25,26). The Balaban J connectivity index is 1.55. The quantitative estimate of drug-likeness (QED) is 0.514. The first-order valence-electron chi connectivity index (χ1n) is 9.66. The monoisotopic (exact) mass is 410 g/mol. The molecule has 0 saturated carbocycles. The third-order valence-corrected chi connectivity index (χ3v) is 4.92. The van der Waals surface area contributed by atoms with E-state index in [4.69, 9.17) is 9.47 Å². The Kier molecular flexibility index (Phi) is 6.88. The molecule has 0 radical (unpaired) electrons. The molecule has 0 atom stereocenters. The highest BCUT2D eigenvalue weighted by atomic mass is 32.1. The lowest BCUT2D eigenvalue weighted by Crippen LogP contribution is -2.20. The number of amides is 1. The predicted octanol–water partition coefficient (Wildman–Crippen LogP) is 5.74. The Morgan fingerprint density at radius 1 is 1.07 bits per heavy atom. The van der Waals surface area contributed by atoms with Gasteiger partial charge in [-0.2, -0.15) is 0 Å². The van der Waals surface area contributed by atoms with Crippen LogP contribution in [0, 0.1) is 0 Å². The fraction of sp³-hybridized carbons (Fsp3) is 0.304. The summed E-state index contributed by atoms with van der Waals surface area (Å²) in [5.74, 6) is 1.69. The molecule has 0 aliphatic heterocycles. The second-order valence-corrected chi connectivity index (χ2v) is 8.15. The molecule has 0 aliphatic rings. The number of hydrogen-bond donors (Lipinski definition) is 1. The number of benzene rings is 2. The van der Waals surface area contributed by atoms with Gasteiger partial charge in [0, 0.05) is 10.9 Å². The van der Waals surface area contributed by atoms with Crippen molar-refractivity contribution in [1.82, 2.24) is 4.98 Å². The summed E-state index contributed by atoms with van der Waals surface area (Å²) in [7, 11) is 0. The molecule has 0 bridgehead atoms. The van der Waals surface area contributed by atoms with Crippen LogP contribution >= 0.6 is 11.3 Å². The summed E-state index contributed by atoms with van der Waals surface area (Å²) >= 11 is 1.39. The van der Waals surface area contributed by atoms with Crippen molar-refractivity contribution < 1.29 is 14.3 Å². The Bertz CT molecular complexity index is 949. The fourth-order valence-electron chi connectivity index (χ4n) is 2.71. The van der Waals surface area contributed by atoms with E-state index < -0.39 is 0 Å². The molecule has 3 aromatic rings. The van der Waals surface area contributed by atoms with Crippen LogP contribution in [0.1, 0.15) is 39.2 Å². The number of nitrogens with zero attached hydrogens (tertiary/aromatic N) is 1. The van der Waals surface area contributed by atoms with Crippen LogP contribution in [0.2, 0.25) is 0 Å². The lowest BCUT2D eigenvalue weighted by molar-refractivity contribution is -0.118. The van der Waals surface area contributed by atoms with Gasteiger partial charge in [-0.25, -0.2) is 4.98 Å². The SMILES string of the molecule is CC(C)Oc1ccc(-c2csc(NC(=O)COc3cccc(C(C)C)c3)n2)cc1. The van der Waals surface area contributed by atoms with E-state index in [-0.39, 0.29) is 18.6 Å². The first kappa shape index (κ1) is 20.9. The average molecular weight is 411 g/mol. The van der Waals surface area contributed by atoms with Gasteiger partial charge in [0.05, 0.1) is 11.8 Å². The smallest absolute Gasteiger partial charge is 0.264 e. The minimum atomic E-state index is -0.235. The van der Waals surface area contributed by atoms with Crippen molar-refractivity contribution in [2.45, 2.75) is 39.7 Å². The van der Waals surface area contributed by atoms with Gasteiger partial charge in [0.25, 0.3) is 5.91 Å².